The van der Waals surface area contributed by atoms with Gasteiger partial charge in [0.1, 0.15) is 0 Å². The van der Waals surface area contributed by atoms with Crippen molar-refractivity contribution >= 4 is 12.3 Å². The molecule has 1 aliphatic carbocycles. The molecule has 0 radical (unpaired) electrons. The van der Waals surface area contributed by atoms with Crippen molar-refractivity contribution in [2.45, 2.75) is 18.9 Å². The zero-order valence-corrected chi connectivity index (χ0v) is 5.78. The number of aromatic nitrogens is 2. The molecule has 1 fully saturated rings. The van der Waals surface area contributed by atoms with E-state index in [0.717, 1.165) is 12.8 Å². The van der Waals surface area contributed by atoms with Gasteiger partial charge in [-0.05, 0) is 12.8 Å². The van der Waals surface area contributed by atoms with Gasteiger partial charge in [-0.1, -0.05) is 5.10 Å². The van der Waals surface area contributed by atoms with Crippen LogP contribution in [0.4, 0.5) is 6.01 Å². The first-order valence-electron chi connectivity index (χ1n) is 3.44. The van der Waals surface area contributed by atoms with Crippen LogP contribution in [-0.2, 0) is 0 Å². The Balaban J connectivity index is 2.05. The minimum Gasteiger partial charge on any atom is -0.401 e. The molecular formula is C6H7N3O2. The van der Waals surface area contributed by atoms with E-state index in [-0.39, 0.29) is 5.89 Å². The fourth-order valence-electron chi connectivity index (χ4n) is 0.743. The van der Waals surface area contributed by atoms with Crippen LogP contribution in [0.15, 0.2) is 4.42 Å². The molecule has 1 heterocycles. The highest BCUT2D eigenvalue weighted by Crippen LogP contribution is 2.23. The second kappa shape index (κ2) is 2.34. The predicted molar refractivity (Wildman–Crippen MR) is 36.3 cm³/mol. The van der Waals surface area contributed by atoms with Gasteiger partial charge in [0.25, 0.3) is 5.89 Å². The minimum atomic E-state index is 0.0214. The van der Waals surface area contributed by atoms with Crippen LogP contribution in [-0.4, -0.2) is 22.5 Å². The number of aldehydes is 1. The summed E-state index contributed by atoms with van der Waals surface area (Å²) in [4.78, 5) is 10.1. The summed E-state index contributed by atoms with van der Waals surface area (Å²) in [6.45, 7) is 0. The first-order chi connectivity index (χ1) is 5.38. The van der Waals surface area contributed by atoms with E-state index in [1.165, 1.54) is 0 Å². The Hall–Kier alpha value is -1.39. The summed E-state index contributed by atoms with van der Waals surface area (Å²) in [7, 11) is 0. The van der Waals surface area contributed by atoms with Gasteiger partial charge in [0, 0.05) is 6.04 Å². The van der Waals surface area contributed by atoms with E-state index in [1.807, 2.05) is 0 Å². The van der Waals surface area contributed by atoms with Gasteiger partial charge < -0.3 is 9.73 Å². The largest absolute Gasteiger partial charge is 0.401 e. The first kappa shape index (κ1) is 6.33. The maximum Gasteiger partial charge on any atom is 0.316 e. The third kappa shape index (κ3) is 1.36. The SMILES string of the molecule is O=Cc1nnc(NC2CC2)o1. The second-order valence-corrected chi connectivity index (χ2v) is 2.48. The van der Waals surface area contributed by atoms with Crippen LogP contribution < -0.4 is 5.32 Å². The van der Waals surface area contributed by atoms with Crippen LogP contribution in [0.25, 0.3) is 0 Å². The summed E-state index contributed by atoms with van der Waals surface area (Å²) < 4.78 is 4.88. The number of nitrogens with one attached hydrogen (secondary N) is 1. The number of hydrogen-bond acceptors (Lipinski definition) is 5. The topological polar surface area (TPSA) is 68.0 Å². The molecule has 1 aromatic rings. The molecule has 2 rings (SSSR count). The van der Waals surface area contributed by atoms with Crippen molar-refractivity contribution in [3.05, 3.63) is 5.89 Å². The van der Waals surface area contributed by atoms with Crippen LogP contribution in [0.5, 0.6) is 0 Å². The Bertz CT molecular complexity index is 267. The lowest BCUT2D eigenvalue weighted by Gasteiger charge is -1.92. The highest BCUT2D eigenvalue weighted by atomic mass is 16.4. The minimum absolute atomic E-state index is 0.0214. The number of hydrogen-bond donors (Lipinski definition) is 1. The summed E-state index contributed by atoms with van der Waals surface area (Å²) in [5.41, 5.74) is 0. The summed E-state index contributed by atoms with van der Waals surface area (Å²) in [6, 6.07) is 0.810. The van der Waals surface area contributed by atoms with Gasteiger partial charge in [0.15, 0.2) is 0 Å². The second-order valence-electron chi connectivity index (χ2n) is 2.48. The van der Waals surface area contributed by atoms with Gasteiger partial charge in [-0.3, -0.25) is 4.79 Å². The summed E-state index contributed by atoms with van der Waals surface area (Å²) in [5, 5.41) is 10.0. The molecule has 11 heavy (non-hydrogen) atoms. The molecule has 5 heteroatoms. The Labute approximate surface area is 62.8 Å². The smallest absolute Gasteiger partial charge is 0.316 e. The van der Waals surface area contributed by atoms with Crippen molar-refractivity contribution in [3.8, 4) is 0 Å². The summed E-state index contributed by atoms with van der Waals surface area (Å²) in [5.74, 6) is 0.0214. The standard InChI is InChI=1S/C6H7N3O2/c10-3-5-8-9-6(11-5)7-4-1-2-4/h3-4H,1-2H2,(H,7,9). The Morgan fingerprint density at radius 1 is 1.55 bits per heavy atom. The molecule has 0 amide bonds. The molecule has 0 spiro atoms. The van der Waals surface area contributed by atoms with E-state index >= 15 is 0 Å². The lowest BCUT2D eigenvalue weighted by molar-refractivity contribution is 0.109. The van der Waals surface area contributed by atoms with Gasteiger partial charge >= 0.3 is 6.01 Å². The highest BCUT2D eigenvalue weighted by molar-refractivity contribution is 5.67. The first-order valence-corrected chi connectivity index (χ1v) is 3.44. The number of rotatable bonds is 3. The van der Waals surface area contributed by atoms with Gasteiger partial charge in [-0.2, -0.15) is 0 Å². The van der Waals surface area contributed by atoms with Gasteiger partial charge in [0.05, 0.1) is 0 Å². The van der Waals surface area contributed by atoms with Crippen molar-refractivity contribution in [2.75, 3.05) is 5.32 Å². The predicted octanol–water partition coefficient (Wildman–Crippen LogP) is 0.456. The van der Waals surface area contributed by atoms with E-state index in [9.17, 15) is 4.79 Å². The molecule has 1 saturated carbocycles. The average Bonchev–Trinajstić information content (AvgIpc) is 2.68. The summed E-state index contributed by atoms with van der Waals surface area (Å²) >= 11 is 0. The monoisotopic (exact) mass is 153 g/mol. The quantitative estimate of drug-likeness (QED) is 0.639. The van der Waals surface area contributed by atoms with E-state index in [2.05, 4.69) is 15.5 Å². The Morgan fingerprint density at radius 2 is 2.36 bits per heavy atom. The van der Waals surface area contributed by atoms with E-state index < -0.39 is 0 Å². The molecule has 0 aromatic carbocycles. The normalized spacial score (nSPS) is 16.4. The van der Waals surface area contributed by atoms with Crippen molar-refractivity contribution in [3.63, 3.8) is 0 Å². The zero-order chi connectivity index (χ0) is 7.68. The van der Waals surface area contributed by atoms with Gasteiger partial charge in [-0.25, -0.2) is 0 Å². The van der Waals surface area contributed by atoms with Crippen LogP contribution in [0.1, 0.15) is 23.5 Å². The van der Waals surface area contributed by atoms with Gasteiger partial charge in [0.2, 0.25) is 6.29 Å². The van der Waals surface area contributed by atoms with Gasteiger partial charge in [-0.15, -0.1) is 5.10 Å². The highest BCUT2D eigenvalue weighted by Gasteiger charge is 2.22. The van der Waals surface area contributed by atoms with Crippen LogP contribution in [0.3, 0.4) is 0 Å². The molecular weight excluding hydrogens is 146 g/mol. The lowest BCUT2D eigenvalue weighted by Crippen LogP contribution is -2.00. The molecule has 0 unspecified atom stereocenters. The molecule has 58 valence electrons. The number of carbonyl (C=O) groups excluding carboxylic acids is 1. The molecule has 0 saturated heterocycles. The maximum absolute atomic E-state index is 10.1. The third-order valence-electron chi connectivity index (χ3n) is 1.45. The molecule has 1 aliphatic rings. The van der Waals surface area contributed by atoms with E-state index in [1.54, 1.807) is 0 Å². The van der Waals surface area contributed by atoms with E-state index in [4.69, 9.17) is 4.42 Å². The van der Waals surface area contributed by atoms with E-state index in [0.29, 0.717) is 18.3 Å². The average molecular weight is 153 g/mol. The molecule has 1 aromatic heterocycles. The summed E-state index contributed by atoms with van der Waals surface area (Å²) in [6.07, 6.45) is 2.81. The molecule has 1 N–H and O–H groups in total. The Kier molecular flexibility index (Phi) is 1.34. The Morgan fingerprint density at radius 3 is 2.91 bits per heavy atom. The lowest BCUT2D eigenvalue weighted by atomic mass is 10.7. The molecule has 5 nitrogen and oxygen atoms in total. The zero-order valence-electron chi connectivity index (χ0n) is 5.78. The molecule has 0 atom stereocenters. The molecule has 0 bridgehead atoms. The van der Waals surface area contributed by atoms with Crippen molar-refractivity contribution < 1.29 is 9.21 Å². The third-order valence-corrected chi connectivity index (χ3v) is 1.45. The fourth-order valence-corrected chi connectivity index (χ4v) is 0.743. The van der Waals surface area contributed by atoms with Crippen molar-refractivity contribution in [1.82, 2.24) is 10.2 Å². The number of nitrogens with zero attached hydrogens (tertiary/aromatic N) is 2. The maximum atomic E-state index is 10.1. The number of anilines is 1. The van der Waals surface area contributed by atoms with Crippen molar-refractivity contribution in [2.24, 2.45) is 0 Å². The number of carbonyl (C=O) groups is 1. The molecule has 0 aliphatic heterocycles. The van der Waals surface area contributed by atoms with Crippen LogP contribution >= 0.6 is 0 Å². The fraction of sp³-hybridized carbons (Fsp3) is 0.500. The van der Waals surface area contributed by atoms with Crippen molar-refractivity contribution in [1.29, 1.82) is 0 Å². The van der Waals surface area contributed by atoms with Crippen LogP contribution in [0.2, 0.25) is 0 Å². The van der Waals surface area contributed by atoms with Crippen LogP contribution in [0, 0.1) is 0 Å².